The first-order chi connectivity index (χ1) is 12.8. The number of amides is 4. The zero-order chi connectivity index (χ0) is 20.0. The molecule has 3 N–H and O–H groups in total. The van der Waals surface area contributed by atoms with E-state index in [0.717, 1.165) is 24.1 Å². The fraction of sp³-hybridized carbons (Fsp3) is 0.550. The fourth-order valence-electron chi connectivity index (χ4n) is 2.92. The first-order valence-corrected chi connectivity index (χ1v) is 9.57. The number of carbonyl (C=O) groups is 3. The zero-order valence-electron chi connectivity index (χ0n) is 16.6. The van der Waals surface area contributed by atoms with Gasteiger partial charge in [-0.3, -0.25) is 9.59 Å². The Balaban J connectivity index is 1.86. The molecule has 148 valence electrons. The van der Waals surface area contributed by atoms with Gasteiger partial charge in [-0.1, -0.05) is 20.8 Å². The van der Waals surface area contributed by atoms with Crippen LogP contribution in [0.4, 0.5) is 16.2 Å². The Morgan fingerprint density at radius 2 is 1.81 bits per heavy atom. The van der Waals surface area contributed by atoms with Crippen LogP contribution in [0.1, 0.15) is 45.6 Å². The molecule has 1 fully saturated rings. The Morgan fingerprint density at radius 3 is 2.37 bits per heavy atom. The van der Waals surface area contributed by atoms with Crippen LogP contribution >= 0.6 is 0 Å². The molecule has 1 aliphatic rings. The molecule has 1 aliphatic heterocycles. The summed E-state index contributed by atoms with van der Waals surface area (Å²) in [5, 5.41) is 8.77. The molecule has 0 radical (unpaired) electrons. The van der Waals surface area contributed by atoms with Gasteiger partial charge < -0.3 is 20.9 Å². The summed E-state index contributed by atoms with van der Waals surface area (Å²) >= 11 is 0. The van der Waals surface area contributed by atoms with Crippen molar-refractivity contribution in [2.45, 2.75) is 53.0 Å². The lowest BCUT2D eigenvalue weighted by Gasteiger charge is -2.32. The van der Waals surface area contributed by atoms with Gasteiger partial charge in [0.1, 0.15) is 0 Å². The zero-order valence-corrected chi connectivity index (χ0v) is 16.6. The number of urea groups is 1. The number of rotatable bonds is 5. The van der Waals surface area contributed by atoms with Gasteiger partial charge in [-0.25, -0.2) is 4.79 Å². The van der Waals surface area contributed by atoms with Crippen molar-refractivity contribution in [1.29, 1.82) is 0 Å². The van der Waals surface area contributed by atoms with Gasteiger partial charge in [-0.05, 0) is 43.5 Å². The third kappa shape index (κ3) is 5.98. The van der Waals surface area contributed by atoms with Gasteiger partial charge >= 0.3 is 6.03 Å². The van der Waals surface area contributed by atoms with Crippen molar-refractivity contribution in [2.75, 3.05) is 23.7 Å². The largest absolute Gasteiger partial charge is 0.353 e. The molecule has 0 aromatic heterocycles. The maximum atomic E-state index is 12.5. The highest BCUT2D eigenvalue weighted by molar-refractivity contribution is 5.93. The minimum Gasteiger partial charge on any atom is -0.353 e. The Bertz CT molecular complexity index is 694. The van der Waals surface area contributed by atoms with Crippen LogP contribution in [0, 0.1) is 12.8 Å². The summed E-state index contributed by atoms with van der Waals surface area (Å²) in [6.07, 6.45) is 1.94. The Morgan fingerprint density at radius 1 is 1.15 bits per heavy atom. The average molecular weight is 374 g/mol. The third-order valence-electron chi connectivity index (χ3n) is 4.73. The van der Waals surface area contributed by atoms with E-state index in [-0.39, 0.29) is 29.8 Å². The first-order valence-electron chi connectivity index (χ1n) is 9.57. The molecule has 4 amide bonds. The van der Waals surface area contributed by atoms with Gasteiger partial charge in [0.05, 0.1) is 0 Å². The average Bonchev–Trinajstić information content (AvgIpc) is 2.64. The summed E-state index contributed by atoms with van der Waals surface area (Å²) in [6, 6.07) is 5.41. The molecule has 0 spiro atoms. The third-order valence-corrected chi connectivity index (χ3v) is 4.73. The van der Waals surface area contributed by atoms with Crippen LogP contribution < -0.4 is 16.0 Å². The van der Waals surface area contributed by atoms with Crippen molar-refractivity contribution in [2.24, 2.45) is 5.92 Å². The quantitative estimate of drug-likeness (QED) is 0.740. The Hall–Kier alpha value is -2.57. The number of nitrogens with one attached hydrogen (secondary N) is 3. The number of hydrogen-bond donors (Lipinski definition) is 3. The van der Waals surface area contributed by atoms with Crippen LogP contribution in [-0.4, -0.2) is 41.9 Å². The van der Waals surface area contributed by atoms with E-state index >= 15 is 0 Å². The van der Waals surface area contributed by atoms with Crippen molar-refractivity contribution in [3.63, 3.8) is 0 Å². The molecule has 1 aromatic carbocycles. The highest BCUT2D eigenvalue weighted by atomic mass is 16.2. The maximum absolute atomic E-state index is 12.5. The van der Waals surface area contributed by atoms with E-state index in [9.17, 15) is 14.4 Å². The lowest BCUT2D eigenvalue weighted by atomic mass is 10.0. The van der Waals surface area contributed by atoms with Crippen LogP contribution in [0.3, 0.4) is 0 Å². The van der Waals surface area contributed by atoms with Crippen LogP contribution in [0.25, 0.3) is 0 Å². The number of piperidine rings is 1. The van der Waals surface area contributed by atoms with E-state index in [0.29, 0.717) is 25.2 Å². The Kier molecular flexibility index (Phi) is 7.21. The molecular formula is C20H30N4O3. The van der Waals surface area contributed by atoms with Crippen molar-refractivity contribution in [1.82, 2.24) is 10.2 Å². The van der Waals surface area contributed by atoms with Gasteiger partial charge in [0.25, 0.3) is 0 Å². The number of likely N-dealkylation sites (tertiary alicyclic amines) is 1. The van der Waals surface area contributed by atoms with E-state index in [4.69, 9.17) is 0 Å². The summed E-state index contributed by atoms with van der Waals surface area (Å²) in [5.41, 5.74) is 2.34. The molecule has 7 nitrogen and oxygen atoms in total. The highest BCUT2D eigenvalue weighted by Crippen LogP contribution is 2.21. The van der Waals surface area contributed by atoms with Crippen LogP contribution in [-0.2, 0) is 9.59 Å². The predicted molar refractivity (Wildman–Crippen MR) is 107 cm³/mol. The second kappa shape index (κ2) is 9.39. The van der Waals surface area contributed by atoms with Gasteiger partial charge in [0.15, 0.2) is 0 Å². The molecule has 0 atom stereocenters. The molecule has 0 bridgehead atoms. The van der Waals surface area contributed by atoms with Gasteiger partial charge in [0.2, 0.25) is 11.8 Å². The molecule has 0 saturated carbocycles. The van der Waals surface area contributed by atoms with E-state index in [2.05, 4.69) is 16.0 Å². The van der Waals surface area contributed by atoms with E-state index < -0.39 is 0 Å². The van der Waals surface area contributed by atoms with Crippen LogP contribution in [0.15, 0.2) is 18.2 Å². The van der Waals surface area contributed by atoms with Crippen molar-refractivity contribution in [3.05, 3.63) is 23.8 Å². The SMILES string of the molecule is CCC(=O)Nc1ccc(NC(=O)N2CCC(NC(=O)C(C)C)CC2)cc1C. The lowest BCUT2D eigenvalue weighted by molar-refractivity contribution is -0.125. The molecule has 1 heterocycles. The van der Waals surface area contributed by atoms with Gasteiger partial charge in [-0.15, -0.1) is 0 Å². The maximum Gasteiger partial charge on any atom is 0.321 e. The Labute approximate surface area is 160 Å². The predicted octanol–water partition coefficient (Wildman–Crippen LogP) is 3.11. The molecule has 27 heavy (non-hydrogen) atoms. The summed E-state index contributed by atoms with van der Waals surface area (Å²) in [5.74, 6) is -0.00871. The number of anilines is 2. The number of carbonyl (C=O) groups excluding carboxylic acids is 3. The summed E-state index contributed by atoms with van der Waals surface area (Å²) in [7, 11) is 0. The van der Waals surface area contributed by atoms with E-state index in [1.807, 2.05) is 26.8 Å². The standard InChI is InChI=1S/C20H30N4O3/c1-5-18(25)23-17-7-6-16(12-14(17)4)22-20(27)24-10-8-15(9-11-24)21-19(26)13(2)3/h6-7,12-13,15H,5,8-11H2,1-4H3,(H,21,26)(H,22,27)(H,23,25). The lowest BCUT2D eigenvalue weighted by Crippen LogP contribution is -2.48. The van der Waals surface area contributed by atoms with Gasteiger partial charge in [0, 0.05) is 42.8 Å². The topological polar surface area (TPSA) is 90.5 Å². The molecule has 2 rings (SSSR count). The minimum absolute atomic E-state index is 0.0281. The molecule has 1 aromatic rings. The second-order valence-electron chi connectivity index (χ2n) is 7.29. The monoisotopic (exact) mass is 374 g/mol. The summed E-state index contributed by atoms with van der Waals surface area (Å²) in [4.78, 5) is 37.5. The van der Waals surface area contributed by atoms with E-state index in [1.54, 1.807) is 24.0 Å². The molecule has 1 saturated heterocycles. The fourth-order valence-corrected chi connectivity index (χ4v) is 2.92. The van der Waals surface area contributed by atoms with Crippen molar-refractivity contribution >= 4 is 29.2 Å². The molecule has 0 aliphatic carbocycles. The molecule has 7 heteroatoms. The van der Waals surface area contributed by atoms with Crippen LogP contribution in [0.2, 0.25) is 0 Å². The number of aryl methyl sites for hydroxylation is 1. The van der Waals surface area contributed by atoms with Gasteiger partial charge in [-0.2, -0.15) is 0 Å². The normalized spacial score (nSPS) is 14.8. The number of nitrogens with zero attached hydrogens (tertiary/aromatic N) is 1. The summed E-state index contributed by atoms with van der Waals surface area (Å²) in [6.45, 7) is 8.66. The van der Waals surface area contributed by atoms with Crippen molar-refractivity contribution in [3.8, 4) is 0 Å². The minimum atomic E-state index is -0.145. The smallest absolute Gasteiger partial charge is 0.321 e. The first kappa shape index (κ1) is 20.7. The van der Waals surface area contributed by atoms with Crippen molar-refractivity contribution < 1.29 is 14.4 Å². The second-order valence-corrected chi connectivity index (χ2v) is 7.29. The van der Waals surface area contributed by atoms with E-state index in [1.165, 1.54) is 0 Å². The number of benzene rings is 1. The molecular weight excluding hydrogens is 344 g/mol. The summed E-state index contributed by atoms with van der Waals surface area (Å²) < 4.78 is 0. The number of hydrogen-bond acceptors (Lipinski definition) is 3. The molecule has 0 unspecified atom stereocenters. The highest BCUT2D eigenvalue weighted by Gasteiger charge is 2.24. The van der Waals surface area contributed by atoms with Crippen LogP contribution in [0.5, 0.6) is 0 Å².